The number of nitrogens with zero attached hydrogens (tertiary/aromatic N) is 1. The molecular formula is C18H17NO. The third-order valence-corrected chi connectivity index (χ3v) is 3.45. The normalized spacial score (nSPS) is 18.4. The summed E-state index contributed by atoms with van der Waals surface area (Å²) >= 11 is 0. The van der Waals surface area contributed by atoms with Crippen LogP contribution in [0, 0.1) is 0 Å². The summed E-state index contributed by atoms with van der Waals surface area (Å²) in [6.07, 6.45) is 12.7. The van der Waals surface area contributed by atoms with Crippen LogP contribution in [0.1, 0.15) is 12.8 Å². The van der Waals surface area contributed by atoms with E-state index in [9.17, 15) is 0 Å². The van der Waals surface area contributed by atoms with Crippen LogP contribution in [-0.4, -0.2) is 12.1 Å². The molecule has 1 heterocycles. The first kappa shape index (κ1) is 12.7. The van der Waals surface area contributed by atoms with E-state index in [4.69, 9.17) is 4.74 Å². The Kier molecular flexibility index (Phi) is 3.64. The number of rotatable bonds is 2. The molecule has 3 rings (SSSR count). The Labute approximate surface area is 118 Å². The van der Waals surface area contributed by atoms with Crippen molar-refractivity contribution in [3.8, 4) is 16.9 Å². The molecule has 1 aliphatic rings. The van der Waals surface area contributed by atoms with Crippen molar-refractivity contribution in [2.45, 2.75) is 12.8 Å². The second kappa shape index (κ2) is 5.74. The maximum Gasteiger partial charge on any atom is 0.126 e. The van der Waals surface area contributed by atoms with Gasteiger partial charge in [-0.15, -0.1) is 0 Å². The molecule has 20 heavy (non-hydrogen) atoms. The van der Waals surface area contributed by atoms with Crippen molar-refractivity contribution < 1.29 is 4.74 Å². The Morgan fingerprint density at radius 1 is 1.15 bits per heavy atom. The fourth-order valence-corrected chi connectivity index (χ4v) is 2.41. The molecule has 0 spiro atoms. The Bertz CT molecular complexity index is 759. The van der Waals surface area contributed by atoms with E-state index >= 15 is 0 Å². The molecule has 1 aliphatic carbocycles. The van der Waals surface area contributed by atoms with Crippen molar-refractivity contribution in [1.29, 1.82) is 0 Å². The van der Waals surface area contributed by atoms with E-state index < -0.39 is 0 Å². The second-order valence-electron chi connectivity index (χ2n) is 4.78. The van der Waals surface area contributed by atoms with Gasteiger partial charge < -0.3 is 4.74 Å². The molecule has 0 atom stereocenters. The summed E-state index contributed by atoms with van der Waals surface area (Å²) in [6.45, 7) is 0. The standard InChI is InChI=1S/C18H17NO/c1-20-18-11-7-6-9-16(18)15-12-14-8-4-2-3-5-10-17(14)19-13-15/h2,4,6-13H,3,5H2,1H3/b4-2-,14-8-,17-10-. The largest absolute Gasteiger partial charge is 0.496 e. The molecule has 0 amide bonds. The summed E-state index contributed by atoms with van der Waals surface area (Å²) in [4.78, 5) is 4.60. The molecule has 0 N–H and O–H groups in total. The summed E-state index contributed by atoms with van der Waals surface area (Å²) in [5, 5.41) is 2.22. The van der Waals surface area contributed by atoms with Crippen LogP contribution in [0.2, 0.25) is 0 Å². The van der Waals surface area contributed by atoms with Gasteiger partial charge in [0.05, 0.1) is 12.5 Å². The molecule has 2 nitrogen and oxygen atoms in total. The van der Waals surface area contributed by atoms with Crippen LogP contribution < -0.4 is 15.3 Å². The van der Waals surface area contributed by atoms with Crippen LogP contribution in [0.3, 0.4) is 0 Å². The third-order valence-electron chi connectivity index (χ3n) is 3.45. The minimum atomic E-state index is 0.875. The zero-order chi connectivity index (χ0) is 13.8. The van der Waals surface area contributed by atoms with Gasteiger partial charge in [-0.2, -0.15) is 0 Å². The van der Waals surface area contributed by atoms with E-state index in [0.717, 1.165) is 40.3 Å². The molecule has 0 fully saturated rings. The number of allylic oxidation sites excluding steroid dienone is 2. The Morgan fingerprint density at radius 2 is 2.05 bits per heavy atom. The summed E-state index contributed by atoms with van der Waals surface area (Å²) in [5.74, 6) is 0.875. The number of fused-ring (bicyclic) bond motifs is 1. The van der Waals surface area contributed by atoms with Gasteiger partial charge >= 0.3 is 0 Å². The van der Waals surface area contributed by atoms with E-state index in [0.29, 0.717) is 0 Å². The predicted molar refractivity (Wildman–Crippen MR) is 82.8 cm³/mol. The number of pyridine rings is 1. The molecule has 0 radical (unpaired) electrons. The smallest absolute Gasteiger partial charge is 0.126 e. The van der Waals surface area contributed by atoms with Crippen LogP contribution in [0.25, 0.3) is 23.3 Å². The molecule has 2 heteroatoms. The van der Waals surface area contributed by atoms with Crippen molar-refractivity contribution in [2.24, 2.45) is 0 Å². The molecule has 100 valence electrons. The lowest BCUT2D eigenvalue weighted by molar-refractivity contribution is 0.416. The van der Waals surface area contributed by atoms with Crippen molar-refractivity contribution >= 4 is 12.2 Å². The Balaban J connectivity index is 2.18. The summed E-state index contributed by atoms with van der Waals surface area (Å²) < 4.78 is 5.43. The van der Waals surface area contributed by atoms with Gasteiger partial charge in [0.2, 0.25) is 0 Å². The molecule has 2 aromatic rings. The quantitative estimate of drug-likeness (QED) is 0.831. The minimum absolute atomic E-state index is 0.875. The van der Waals surface area contributed by atoms with E-state index in [1.807, 2.05) is 24.4 Å². The fraction of sp³-hybridized carbons (Fsp3) is 0.167. The number of para-hydroxylation sites is 1. The van der Waals surface area contributed by atoms with E-state index in [1.165, 1.54) is 0 Å². The van der Waals surface area contributed by atoms with Crippen molar-refractivity contribution in [3.63, 3.8) is 0 Å². The van der Waals surface area contributed by atoms with Gasteiger partial charge in [0, 0.05) is 22.5 Å². The van der Waals surface area contributed by atoms with Crippen LogP contribution in [0.15, 0.2) is 48.7 Å². The second-order valence-corrected chi connectivity index (χ2v) is 4.78. The summed E-state index contributed by atoms with van der Waals surface area (Å²) in [7, 11) is 1.70. The summed E-state index contributed by atoms with van der Waals surface area (Å²) in [6, 6.07) is 10.2. The Morgan fingerprint density at radius 3 is 2.95 bits per heavy atom. The topological polar surface area (TPSA) is 22.1 Å². The maximum absolute atomic E-state index is 5.43. The van der Waals surface area contributed by atoms with E-state index in [1.54, 1.807) is 7.11 Å². The molecule has 0 aliphatic heterocycles. The zero-order valence-electron chi connectivity index (χ0n) is 11.5. The highest BCUT2D eigenvalue weighted by atomic mass is 16.5. The first-order chi connectivity index (χ1) is 9.88. The maximum atomic E-state index is 5.43. The SMILES string of the molecule is COc1ccccc1-c1cnc2/c(c1)=C\C=C/CC/C=2. The first-order valence-electron chi connectivity index (χ1n) is 6.85. The monoisotopic (exact) mass is 263 g/mol. The van der Waals surface area contributed by atoms with Gasteiger partial charge in [0.1, 0.15) is 5.75 Å². The van der Waals surface area contributed by atoms with Crippen molar-refractivity contribution in [3.05, 3.63) is 59.2 Å². The van der Waals surface area contributed by atoms with Crippen molar-refractivity contribution in [2.75, 3.05) is 7.11 Å². The predicted octanol–water partition coefficient (Wildman–Crippen LogP) is 2.67. The molecule has 1 aromatic heterocycles. The highest BCUT2D eigenvalue weighted by molar-refractivity contribution is 5.70. The van der Waals surface area contributed by atoms with Gasteiger partial charge in [0.25, 0.3) is 0 Å². The van der Waals surface area contributed by atoms with Crippen LogP contribution in [-0.2, 0) is 0 Å². The number of aromatic nitrogens is 1. The number of hydrogen-bond donors (Lipinski definition) is 0. The minimum Gasteiger partial charge on any atom is -0.496 e. The summed E-state index contributed by atoms with van der Waals surface area (Å²) in [5.41, 5.74) is 2.16. The average molecular weight is 263 g/mol. The number of methoxy groups -OCH3 is 1. The molecule has 1 aromatic carbocycles. The van der Waals surface area contributed by atoms with E-state index in [2.05, 4.69) is 41.4 Å². The van der Waals surface area contributed by atoms with Crippen molar-refractivity contribution in [1.82, 2.24) is 4.98 Å². The van der Waals surface area contributed by atoms with Gasteiger partial charge in [-0.05, 0) is 25.0 Å². The van der Waals surface area contributed by atoms with E-state index in [-0.39, 0.29) is 0 Å². The van der Waals surface area contributed by atoms with Crippen LogP contribution >= 0.6 is 0 Å². The lowest BCUT2D eigenvalue weighted by Crippen LogP contribution is -2.28. The highest BCUT2D eigenvalue weighted by Gasteiger charge is 2.05. The molecule has 0 saturated carbocycles. The highest BCUT2D eigenvalue weighted by Crippen LogP contribution is 2.27. The molecular weight excluding hydrogens is 246 g/mol. The van der Waals surface area contributed by atoms with Gasteiger partial charge in [-0.25, -0.2) is 0 Å². The third kappa shape index (κ3) is 2.50. The fourth-order valence-electron chi connectivity index (χ4n) is 2.41. The molecule has 0 saturated heterocycles. The number of ether oxygens (including phenoxy) is 1. The molecule has 0 bridgehead atoms. The number of hydrogen-bond acceptors (Lipinski definition) is 2. The zero-order valence-corrected chi connectivity index (χ0v) is 11.5. The van der Waals surface area contributed by atoms with Gasteiger partial charge in [-0.1, -0.05) is 42.5 Å². The first-order valence-corrected chi connectivity index (χ1v) is 6.85. The van der Waals surface area contributed by atoms with Crippen LogP contribution in [0.5, 0.6) is 5.75 Å². The number of benzene rings is 1. The molecule has 0 unspecified atom stereocenters. The average Bonchev–Trinajstić information content (AvgIpc) is 2.48. The van der Waals surface area contributed by atoms with Crippen LogP contribution in [0.4, 0.5) is 0 Å². The lowest BCUT2D eigenvalue weighted by atomic mass is 10.0. The van der Waals surface area contributed by atoms with Gasteiger partial charge in [-0.3, -0.25) is 4.98 Å². The lowest BCUT2D eigenvalue weighted by Gasteiger charge is -2.08. The van der Waals surface area contributed by atoms with Gasteiger partial charge in [0.15, 0.2) is 0 Å². The Hall–Kier alpha value is -2.35.